The number of nitrogens with one attached hydrogen (secondary N) is 1. The predicted octanol–water partition coefficient (Wildman–Crippen LogP) is 6.18. The highest BCUT2D eigenvalue weighted by Crippen LogP contribution is 2.30. The number of amides is 2. The number of carbonyl (C=O) groups is 2. The average Bonchev–Trinajstić information content (AvgIpc) is 2.87. The number of hydrogen-bond donors (Lipinski definition) is 1. The van der Waals surface area contributed by atoms with Crippen molar-refractivity contribution in [1.29, 1.82) is 0 Å². The molecule has 0 spiro atoms. The zero-order valence-corrected chi connectivity index (χ0v) is 26.4. The van der Waals surface area contributed by atoms with Gasteiger partial charge >= 0.3 is 0 Å². The van der Waals surface area contributed by atoms with E-state index in [1.165, 1.54) is 17.0 Å². The van der Waals surface area contributed by atoms with Gasteiger partial charge < -0.3 is 10.2 Å². The van der Waals surface area contributed by atoms with Crippen LogP contribution in [-0.4, -0.2) is 43.3 Å². The van der Waals surface area contributed by atoms with E-state index in [0.29, 0.717) is 22.7 Å². The Bertz CT molecular complexity index is 1480. The Labute approximate surface area is 249 Å². The van der Waals surface area contributed by atoms with E-state index < -0.39 is 34.1 Å². The fraction of sp³-hybridized carbons (Fsp3) is 0.375. The third kappa shape index (κ3) is 8.33. The van der Waals surface area contributed by atoms with Crippen molar-refractivity contribution in [1.82, 2.24) is 10.2 Å². The zero-order valence-electron chi connectivity index (χ0n) is 24.9. The van der Waals surface area contributed by atoms with Gasteiger partial charge in [0.2, 0.25) is 11.8 Å². The molecule has 1 atom stereocenters. The summed E-state index contributed by atoms with van der Waals surface area (Å²) in [6.07, 6.45) is 0.351. The van der Waals surface area contributed by atoms with Crippen LogP contribution in [0.15, 0.2) is 71.6 Å². The molecule has 0 saturated heterocycles. The number of nitrogens with zero attached hydrogens (tertiary/aromatic N) is 2. The van der Waals surface area contributed by atoms with Gasteiger partial charge in [0.1, 0.15) is 12.6 Å². The van der Waals surface area contributed by atoms with E-state index in [2.05, 4.69) is 5.32 Å². The molecular formula is C32H40ClN3O4S. The largest absolute Gasteiger partial charge is 0.350 e. The summed E-state index contributed by atoms with van der Waals surface area (Å²) in [5, 5.41) is 3.44. The number of carbonyl (C=O) groups excluding carboxylic acids is 2. The van der Waals surface area contributed by atoms with E-state index >= 15 is 0 Å². The minimum Gasteiger partial charge on any atom is -0.350 e. The Kier molecular flexibility index (Phi) is 10.3. The van der Waals surface area contributed by atoms with Crippen LogP contribution in [0.1, 0.15) is 56.4 Å². The minimum atomic E-state index is -4.15. The first kappa shape index (κ1) is 32.2. The fourth-order valence-corrected chi connectivity index (χ4v) is 6.22. The van der Waals surface area contributed by atoms with Crippen molar-refractivity contribution in [2.45, 2.75) is 77.9 Å². The maximum absolute atomic E-state index is 14.2. The molecule has 220 valence electrons. The van der Waals surface area contributed by atoms with Crippen molar-refractivity contribution in [3.05, 3.63) is 94.0 Å². The Hall–Kier alpha value is -3.36. The monoisotopic (exact) mass is 597 g/mol. The molecule has 7 nitrogen and oxygen atoms in total. The van der Waals surface area contributed by atoms with Gasteiger partial charge in [-0.1, -0.05) is 66.0 Å². The quantitative estimate of drug-likeness (QED) is 0.302. The van der Waals surface area contributed by atoms with E-state index in [1.807, 2.05) is 65.8 Å². The van der Waals surface area contributed by atoms with E-state index in [1.54, 1.807) is 37.3 Å². The highest BCUT2D eigenvalue weighted by atomic mass is 35.5. The van der Waals surface area contributed by atoms with E-state index in [-0.39, 0.29) is 17.3 Å². The van der Waals surface area contributed by atoms with Gasteiger partial charge in [-0.15, -0.1) is 0 Å². The maximum atomic E-state index is 14.2. The van der Waals surface area contributed by atoms with Crippen LogP contribution in [0.25, 0.3) is 0 Å². The number of hydrogen-bond acceptors (Lipinski definition) is 4. The smallest absolute Gasteiger partial charge is 0.264 e. The van der Waals surface area contributed by atoms with Gasteiger partial charge in [-0.05, 0) is 89.4 Å². The van der Waals surface area contributed by atoms with Crippen molar-refractivity contribution >= 4 is 39.1 Å². The van der Waals surface area contributed by atoms with Crippen molar-refractivity contribution in [3.63, 3.8) is 0 Å². The number of rotatable bonds is 10. The molecule has 0 aliphatic carbocycles. The molecule has 0 radical (unpaired) electrons. The molecule has 2 amide bonds. The number of halogens is 1. The van der Waals surface area contributed by atoms with E-state index in [4.69, 9.17) is 11.6 Å². The van der Waals surface area contributed by atoms with Gasteiger partial charge in [-0.3, -0.25) is 13.9 Å². The van der Waals surface area contributed by atoms with Crippen LogP contribution in [-0.2, 0) is 26.2 Å². The minimum absolute atomic E-state index is 0.0628. The lowest BCUT2D eigenvalue weighted by atomic mass is 10.1. The van der Waals surface area contributed by atoms with Gasteiger partial charge in [0.25, 0.3) is 10.0 Å². The van der Waals surface area contributed by atoms with Crippen LogP contribution >= 0.6 is 11.6 Å². The van der Waals surface area contributed by atoms with Gasteiger partial charge in [0, 0.05) is 17.1 Å². The summed E-state index contributed by atoms with van der Waals surface area (Å²) in [4.78, 5) is 29.2. The first-order chi connectivity index (χ1) is 19.1. The standard InChI is InChI=1S/C32H40ClN3O4S/c1-8-28(31(38)34-32(5,6)7)35(20-25-13-9-22(2)10-14-25)30(37)21-36(29-18-15-26(33)19-24(29)4)41(39,40)27-16-11-23(3)12-17-27/h9-19,28H,8,20-21H2,1-7H3,(H,34,38)/t28-/m0/s1. The zero-order chi connectivity index (χ0) is 30.5. The molecule has 9 heteroatoms. The molecule has 3 rings (SSSR count). The SMILES string of the molecule is CC[C@@H](C(=O)NC(C)(C)C)N(Cc1ccc(C)cc1)C(=O)CN(c1ccc(Cl)cc1C)S(=O)(=O)c1ccc(C)cc1. The molecule has 3 aromatic rings. The average molecular weight is 598 g/mol. The molecule has 0 saturated carbocycles. The topological polar surface area (TPSA) is 86.8 Å². The first-order valence-electron chi connectivity index (χ1n) is 13.6. The van der Waals surface area contributed by atoms with Crippen LogP contribution < -0.4 is 9.62 Å². The second-order valence-electron chi connectivity index (χ2n) is 11.4. The molecule has 3 aromatic carbocycles. The summed E-state index contributed by atoms with van der Waals surface area (Å²) in [5.74, 6) is -0.789. The van der Waals surface area contributed by atoms with Gasteiger partial charge in [-0.2, -0.15) is 0 Å². The second-order valence-corrected chi connectivity index (χ2v) is 13.7. The molecule has 41 heavy (non-hydrogen) atoms. The van der Waals surface area contributed by atoms with Crippen molar-refractivity contribution in [2.24, 2.45) is 0 Å². The molecule has 1 N–H and O–H groups in total. The predicted molar refractivity (Wildman–Crippen MR) is 166 cm³/mol. The summed E-state index contributed by atoms with van der Waals surface area (Å²) < 4.78 is 29.2. The highest BCUT2D eigenvalue weighted by Gasteiger charge is 2.35. The molecule has 0 aromatic heterocycles. The lowest BCUT2D eigenvalue weighted by Crippen LogP contribution is -2.55. The normalized spacial score (nSPS) is 12.5. The Morgan fingerprint density at radius 1 is 0.902 bits per heavy atom. The first-order valence-corrected chi connectivity index (χ1v) is 15.5. The van der Waals surface area contributed by atoms with Crippen molar-refractivity contribution < 1.29 is 18.0 Å². The highest BCUT2D eigenvalue weighted by molar-refractivity contribution is 7.92. The van der Waals surface area contributed by atoms with E-state index in [9.17, 15) is 18.0 Å². The van der Waals surface area contributed by atoms with Gasteiger partial charge in [0.05, 0.1) is 10.6 Å². The summed E-state index contributed by atoms with van der Waals surface area (Å²) in [7, 11) is -4.15. The number of benzene rings is 3. The molecule has 0 heterocycles. The third-order valence-corrected chi connectivity index (χ3v) is 8.68. The molecule has 0 fully saturated rings. The summed E-state index contributed by atoms with van der Waals surface area (Å²) >= 11 is 6.19. The molecule has 0 unspecified atom stereocenters. The second kappa shape index (κ2) is 13.1. The Morgan fingerprint density at radius 3 is 1.98 bits per heavy atom. The Balaban J connectivity index is 2.10. The van der Waals surface area contributed by atoms with Gasteiger partial charge in [0.15, 0.2) is 0 Å². The van der Waals surface area contributed by atoms with Crippen LogP contribution in [0.3, 0.4) is 0 Å². The van der Waals surface area contributed by atoms with E-state index in [0.717, 1.165) is 21.0 Å². The lowest BCUT2D eigenvalue weighted by Gasteiger charge is -2.35. The summed E-state index contributed by atoms with van der Waals surface area (Å²) in [6, 6.07) is 18.3. The molecular weight excluding hydrogens is 558 g/mol. The Morgan fingerprint density at radius 2 is 1.46 bits per heavy atom. The van der Waals surface area contributed by atoms with Gasteiger partial charge in [-0.25, -0.2) is 8.42 Å². The van der Waals surface area contributed by atoms with Crippen LogP contribution in [0.2, 0.25) is 5.02 Å². The van der Waals surface area contributed by atoms with Crippen LogP contribution in [0.4, 0.5) is 5.69 Å². The van der Waals surface area contributed by atoms with Crippen molar-refractivity contribution in [3.8, 4) is 0 Å². The summed E-state index contributed by atoms with van der Waals surface area (Å²) in [6.45, 7) is 12.7. The number of aryl methyl sites for hydroxylation is 3. The molecule has 0 aliphatic heterocycles. The fourth-order valence-electron chi connectivity index (χ4n) is 4.51. The molecule has 0 aliphatic rings. The number of anilines is 1. The van der Waals surface area contributed by atoms with Crippen LogP contribution in [0, 0.1) is 20.8 Å². The lowest BCUT2D eigenvalue weighted by molar-refractivity contribution is -0.141. The maximum Gasteiger partial charge on any atom is 0.264 e. The van der Waals surface area contributed by atoms with Crippen molar-refractivity contribution in [2.75, 3.05) is 10.8 Å². The summed E-state index contributed by atoms with van der Waals surface area (Å²) in [5.41, 5.74) is 3.24. The molecule has 0 bridgehead atoms. The number of sulfonamides is 1. The third-order valence-electron chi connectivity index (χ3n) is 6.67. The van der Waals surface area contributed by atoms with Crippen LogP contribution in [0.5, 0.6) is 0 Å².